The Morgan fingerprint density at radius 1 is 1.35 bits per heavy atom. The van der Waals surface area contributed by atoms with E-state index in [9.17, 15) is 4.79 Å². The third-order valence-electron chi connectivity index (χ3n) is 4.19. The monoisotopic (exact) mass is 372 g/mol. The summed E-state index contributed by atoms with van der Waals surface area (Å²) in [6.45, 7) is 4.75. The third-order valence-corrected chi connectivity index (χ3v) is 5.13. The van der Waals surface area contributed by atoms with E-state index in [4.69, 9.17) is 9.72 Å². The Morgan fingerprint density at radius 2 is 2.15 bits per heavy atom. The molecule has 1 N–H and O–H groups in total. The lowest BCUT2D eigenvalue weighted by molar-refractivity contribution is 0.0937. The zero-order valence-electron chi connectivity index (χ0n) is 15.2. The average molecular weight is 372 g/mol. The number of thioether (sulfide) groups is 1. The van der Waals surface area contributed by atoms with Crippen LogP contribution in [0.5, 0.6) is 0 Å². The van der Waals surface area contributed by atoms with E-state index in [0.29, 0.717) is 30.4 Å². The van der Waals surface area contributed by atoms with Gasteiger partial charge in [-0.15, -0.1) is 0 Å². The van der Waals surface area contributed by atoms with Crippen LogP contribution in [0.25, 0.3) is 11.4 Å². The molecule has 1 aliphatic heterocycles. The summed E-state index contributed by atoms with van der Waals surface area (Å²) < 4.78 is 5.00. The molecule has 0 atom stereocenters. The number of carbonyl (C=O) groups excluding carboxylic acids is 1. The molecule has 1 saturated heterocycles. The van der Waals surface area contributed by atoms with E-state index in [1.54, 1.807) is 13.3 Å². The number of hydrogen-bond acceptors (Lipinski definition) is 6. The lowest BCUT2D eigenvalue weighted by Crippen LogP contribution is -2.36. The van der Waals surface area contributed by atoms with Crippen LogP contribution in [0.4, 0.5) is 5.82 Å². The lowest BCUT2D eigenvalue weighted by Gasteiger charge is -2.29. The highest BCUT2D eigenvalue weighted by Crippen LogP contribution is 2.25. The van der Waals surface area contributed by atoms with Crippen LogP contribution in [0.2, 0.25) is 0 Å². The molecule has 1 aromatic carbocycles. The van der Waals surface area contributed by atoms with Gasteiger partial charge in [-0.1, -0.05) is 23.8 Å². The summed E-state index contributed by atoms with van der Waals surface area (Å²) in [5, 5.41) is 2.87. The topological polar surface area (TPSA) is 67.3 Å². The van der Waals surface area contributed by atoms with Crippen molar-refractivity contribution in [3.8, 4) is 11.4 Å². The van der Waals surface area contributed by atoms with E-state index in [-0.39, 0.29) is 5.91 Å². The number of nitrogens with zero attached hydrogens (tertiary/aromatic N) is 3. The number of nitrogens with one attached hydrogen (secondary N) is 1. The predicted molar refractivity (Wildman–Crippen MR) is 106 cm³/mol. The van der Waals surface area contributed by atoms with Gasteiger partial charge in [-0.3, -0.25) is 4.79 Å². The Labute approximate surface area is 158 Å². The molecule has 2 heterocycles. The molecule has 1 aliphatic rings. The normalized spacial score (nSPS) is 14.3. The number of anilines is 1. The number of rotatable bonds is 6. The van der Waals surface area contributed by atoms with Gasteiger partial charge in [-0.25, -0.2) is 9.97 Å². The van der Waals surface area contributed by atoms with Crippen LogP contribution >= 0.6 is 11.8 Å². The van der Waals surface area contributed by atoms with Crippen molar-refractivity contribution in [2.75, 3.05) is 49.8 Å². The summed E-state index contributed by atoms with van der Waals surface area (Å²) in [5.74, 6) is 3.27. The number of hydrogen-bond donors (Lipinski definition) is 1. The van der Waals surface area contributed by atoms with Crippen LogP contribution in [0.3, 0.4) is 0 Å². The van der Waals surface area contributed by atoms with Crippen LogP contribution in [0, 0.1) is 6.92 Å². The molecule has 0 saturated carbocycles. The van der Waals surface area contributed by atoms with Gasteiger partial charge in [0, 0.05) is 50.0 Å². The van der Waals surface area contributed by atoms with Crippen molar-refractivity contribution in [2.24, 2.45) is 0 Å². The predicted octanol–water partition coefficient (Wildman–Crippen LogP) is 2.38. The van der Waals surface area contributed by atoms with Crippen LogP contribution in [0.15, 0.2) is 30.5 Å². The Balaban J connectivity index is 1.94. The molecular weight excluding hydrogens is 348 g/mol. The second-order valence-electron chi connectivity index (χ2n) is 6.15. The molecule has 26 heavy (non-hydrogen) atoms. The summed E-state index contributed by atoms with van der Waals surface area (Å²) in [6.07, 6.45) is 1.64. The Kier molecular flexibility index (Phi) is 6.46. The second-order valence-corrected chi connectivity index (χ2v) is 7.37. The largest absolute Gasteiger partial charge is 0.383 e. The molecule has 7 heteroatoms. The molecular formula is C19H24N4O2S. The van der Waals surface area contributed by atoms with Crippen molar-refractivity contribution in [3.63, 3.8) is 0 Å². The first-order chi connectivity index (χ1) is 12.7. The number of aryl methyl sites for hydroxylation is 1. The number of ether oxygens (including phenoxy) is 1. The van der Waals surface area contributed by atoms with Gasteiger partial charge in [0.05, 0.1) is 6.61 Å². The van der Waals surface area contributed by atoms with Gasteiger partial charge in [0.2, 0.25) is 0 Å². The third kappa shape index (κ3) is 4.53. The minimum absolute atomic E-state index is 0.161. The molecule has 0 bridgehead atoms. The maximum absolute atomic E-state index is 12.6. The van der Waals surface area contributed by atoms with Gasteiger partial charge in [0.25, 0.3) is 5.91 Å². The van der Waals surface area contributed by atoms with Crippen molar-refractivity contribution in [3.05, 3.63) is 41.6 Å². The van der Waals surface area contributed by atoms with Crippen molar-refractivity contribution in [2.45, 2.75) is 6.92 Å². The summed E-state index contributed by atoms with van der Waals surface area (Å²) in [5.41, 5.74) is 2.64. The molecule has 0 spiro atoms. The van der Waals surface area contributed by atoms with Crippen LogP contribution in [0.1, 0.15) is 15.9 Å². The first-order valence-corrected chi connectivity index (χ1v) is 9.88. The van der Waals surface area contributed by atoms with E-state index in [2.05, 4.69) is 21.3 Å². The molecule has 1 aromatic heterocycles. The molecule has 0 radical (unpaired) electrons. The van der Waals surface area contributed by atoms with Gasteiger partial charge in [0.15, 0.2) is 5.82 Å². The highest BCUT2D eigenvalue weighted by Gasteiger charge is 2.22. The van der Waals surface area contributed by atoms with Gasteiger partial charge < -0.3 is 15.0 Å². The van der Waals surface area contributed by atoms with E-state index >= 15 is 0 Å². The maximum Gasteiger partial charge on any atom is 0.256 e. The van der Waals surface area contributed by atoms with Crippen LogP contribution in [-0.2, 0) is 4.74 Å². The smallest absolute Gasteiger partial charge is 0.256 e. The molecule has 0 aliphatic carbocycles. The van der Waals surface area contributed by atoms with E-state index in [1.165, 1.54) is 0 Å². The van der Waals surface area contributed by atoms with Crippen molar-refractivity contribution >= 4 is 23.5 Å². The fourth-order valence-corrected chi connectivity index (χ4v) is 3.74. The first-order valence-electron chi connectivity index (χ1n) is 8.73. The minimum atomic E-state index is -0.161. The number of aromatic nitrogens is 2. The zero-order valence-corrected chi connectivity index (χ0v) is 16.0. The van der Waals surface area contributed by atoms with Gasteiger partial charge in [-0.2, -0.15) is 11.8 Å². The molecule has 2 aromatic rings. The van der Waals surface area contributed by atoms with Crippen LogP contribution in [-0.4, -0.2) is 60.7 Å². The molecule has 1 amide bonds. The molecule has 3 rings (SSSR count). The maximum atomic E-state index is 12.6. The number of methoxy groups -OCH3 is 1. The zero-order chi connectivity index (χ0) is 18.4. The summed E-state index contributed by atoms with van der Waals surface area (Å²) >= 11 is 1.92. The fraction of sp³-hybridized carbons (Fsp3) is 0.421. The lowest BCUT2D eigenvalue weighted by atomic mass is 10.1. The van der Waals surface area contributed by atoms with Crippen LogP contribution < -0.4 is 10.2 Å². The summed E-state index contributed by atoms with van der Waals surface area (Å²) in [4.78, 5) is 24.0. The van der Waals surface area contributed by atoms with Gasteiger partial charge in [0.1, 0.15) is 11.4 Å². The molecule has 0 unspecified atom stereocenters. The molecule has 6 nitrogen and oxygen atoms in total. The van der Waals surface area contributed by atoms with Crippen molar-refractivity contribution in [1.82, 2.24) is 15.3 Å². The average Bonchev–Trinajstić information content (AvgIpc) is 2.68. The second kappa shape index (κ2) is 9.00. The highest BCUT2D eigenvalue weighted by atomic mass is 32.2. The SMILES string of the molecule is COCCNC(=O)c1cnc(-c2cccc(C)c2)nc1N1CCSCC1. The number of benzene rings is 1. The summed E-state index contributed by atoms with van der Waals surface area (Å²) in [7, 11) is 1.61. The van der Waals surface area contributed by atoms with Gasteiger partial charge >= 0.3 is 0 Å². The number of amides is 1. The van der Waals surface area contributed by atoms with Crippen molar-refractivity contribution < 1.29 is 9.53 Å². The minimum Gasteiger partial charge on any atom is -0.383 e. The van der Waals surface area contributed by atoms with E-state index in [1.807, 2.05) is 36.9 Å². The molecule has 138 valence electrons. The highest BCUT2D eigenvalue weighted by molar-refractivity contribution is 7.99. The fourth-order valence-electron chi connectivity index (χ4n) is 2.83. The first kappa shape index (κ1) is 18.7. The standard InChI is InChI=1S/C19H24N4O2S/c1-14-4-3-5-15(12-14)17-21-13-16(19(24)20-6-9-25-2)18(22-17)23-7-10-26-11-8-23/h3-5,12-13H,6-11H2,1-2H3,(H,20,24). The quantitative estimate of drug-likeness (QED) is 0.786. The summed E-state index contributed by atoms with van der Waals surface area (Å²) in [6, 6.07) is 8.10. The molecule has 1 fully saturated rings. The number of carbonyl (C=O) groups is 1. The van der Waals surface area contributed by atoms with E-state index in [0.717, 1.165) is 35.7 Å². The Morgan fingerprint density at radius 3 is 2.88 bits per heavy atom. The Hall–Kier alpha value is -2.12. The Bertz CT molecular complexity index is 763. The van der Waals surface area contributed by atoms with E-state index < -0.39 is 0 Å². The van der Waals surface area contributed by atoms with Crippen molar-refractivity contribution in [1.29, 1.82) is 0 Å². The van der Waals surface area contributed by atoms with Gasteiger partial charge in [-0.05, 0) is 13.0 Å².